The van der Waals surface area contributed by atoms with Gasteiger partial charge in [0.25, 0.3) is 11.9 Å². The van der Waals surface area contributed by atoms with E-state index in [4.69, 9.17) is 0 Å². The number of hydrogen-bond donors (Lipinski definition) is 0. The Morgan fingerprint density at radius 3 is 1.55 bits per heavy atom. The number of fused-ring (bicyclic) bond motifs is 2. The van der Waals surface area contributed by atoms with E-state index in [0.717, 1.165) is 21.8 Å². The molecule has 0 aliphatic heterocycles. The summed E-state index contributed by atoms with van der Waals surface area (Å²) in [6.07, 6.45) is 3.44. The first-order valence-electron chi connectivity index (χ1n) is 6.74. The van der Waals surface area contributed by atoms with Crippen LogP contribution in [0, 0.1) is 0 Å². The number of azo groups is 1. The number of nitrogens with zero attached hydrogens (tertiary/aromatic N) is 6. The summed E-state index contributed by atoms with van der Waals surface area (Å²) in [7, 11) is 0. The molecule has 4 aromatic rings. The van der Waals surface area contributed by atoms with E-state index in [0.29, 0.717) is 0 Å². The quantitative estimate of drug-likeness (QED) is 0.522. The van der Waals surface area contributed by atoms with Crippen molar-refractivity contribution in [3.63, 3.8) is 0 Å². The Morgan fingerprint density at radius 1 is 0.591 bits per heavy atom. The molecule has 104 valence electrons. The molecule has 0 aliphatic carbocycles. The molecule has 0 saturated carbocycles. The summed E-state index contributed by atoms with van der Waals surface area (Å²) in [6, 6.07) is 15.4. The summed E-state index contributed by atoms with van der Waals surface area (Å²) in [6.45, 7) is 0. The van der Waals surface area contributed by atoms with Crippen molar-refractivity contribution in [2.45, 2.75) is 0 Å². The van der Waals surface area contributed by atoms with Crippen molar-refractivity contribution in [1.29, 1.82) is 0 Å². The molecule has 0 bridgehead atoms. The summed E-state index contributed by atoms with van der Waals surface area (Å²) in [5.41, 5.74) is 1.65. The third-order valence-corrected chi connectivity index (χ3v) is 3.18. The first-order valence-corrected chi connectivity index (χ1v) is 6.74. The highest BCUT2D eigenvalue weighted by molar-refractivity contribution is 5.78. The third kappa shape index (κ3) is 2.37. The molecule has 0 saturated heterocycles. The van der Waals surface area contributed by atoms with Crippen LogP contribution in [-0.4, -0.2) is 19.9 Å². The highest BCUT2D eigenvalue weighted by Crippen LogP contribution is 2.17. The lowest BCUT2D eigenvalue weighted by Crippen LogP contribution is -1.84. The molecular weight excluding hydrogens is 276 g/mol. The summed E-state index contributed by atoms with van der Waals surface area (Å²) >= 11 is 0. The van der Waals surface area contributed by atoms with E-state index in [-0.39, 0.29) is 11.9 Å². The van der Waals surface area contributed by atoms with Crippen molar-refractivity contribution < 1.29 is 0 Å². The molecule has 2 aromatic heterocycles. The fraction of sp³-hybridized carbons (Fsp3) is 0. The fourth-order valence-electron chi connectivity index (χ4n) is 2.11. The van der Waals surface area contributed by atoms with E-state index in [9.17, 15) is 0 Å². The summed E-state index contributed by atoms with van der Waals surface area (Å²) in [5.74, 6) is 0.575. The Morgan fingerprint density at radius 2 is 1.05 bits per heavy atom. The van der Waals surface area contributed by atoms with Gasteiger partial charge in [-0.2, -0.15) is 0 Å². The van der Waals surface area contributed by atoms with Crippen LogP contribution in [-0.2, 0) is 0 Å². The first-order chi connectivity index (χ1) is 10.9. The van der Waals surface area contributed by atoms with Crippen LogP contribution in [0.2, 0.25) is 0 Å². The summed E-state index contributed by atoms with van der Waals surface area (Å²) in [5, 5.41) is 9.95. The van der Waals surface area contributed by atoms with E-state index < -0.39 is 0 Å². The second kappa shape index (κ2) is 5.25. The number of rotatable bonds is 2. The van der Waals surface area contributed by atoms with Crippen LogP contribution in [0.15, 0.2) is 71.2 Å². The Labute approximate surface area is 125 Å². The van der Waals surface area contributed by atoms with Gasteiger partial charge in [0.15, 0.2) is 0 Å². The molecule has 4 rings (SSSR count). The molecule has 6 heteroatoms. The zero-order valence-electron chi connectivity index (χ0n) is 11.5. The van der Waals surface area contributed by atoms with Gasteiger partial charge in [0.05, 0.1) is 11.0 Å². The van der Waals surface area contributed by atoms with Crippen LogP contribution in [0.3, 0.4) is 0 Å². The van der Waals surface area contributed by atoms with Crippen LogP contribution in [0.5, 0.6) is 0 Å². The number of hydrogen-bond acceptors (Lipinski definition) is 6. The van der Waals surface area contributed by atoms with Crippen LogP contribution in [0.25, 0.3) is 21.8 Å². The van der Waals surface area contributed by atoms with Gasteiger partial charge < -0.3 is 0 Å². The van der Waals surface area contributed by atoms with Crippen LogP contribution in [0.1, 0.15) is 0 Å². The zero-order valence-corrected chi connectivity index (χ0v) is 11.5. The van der Waals surface area contributed by atoms with Crippen LogP contribution in [0.4, 0.5) is 11.9 Å². The SMILES string of the molecule is c1ccc2nc(N=Nc3ncc4ccccc4n3)ncc2c1. The predicted octanol–water partition coefficient (Wildman–Crippen LogP) is 3.99. The molecule has 0 radical (unpaired) electrons. The van der Waals surface area contributed by atoms with Gasteiger partial charge in [-0.05, 0) is 12.1 Å². The lowest BCUT2D eigenvalue weighted by molar-refractivity contribution is 1.04. The molecule has 2 aromatic carbocycles. The minimum Gasteiger partial charge on any atom is -0.218 e. The molecular formula is C16H10N6. The molecule has 0 atom stereocenters. The van der Waals surface area contributed by atoms with Gasteiger partial charge in [0.2, 0.25) is 0 Å². The maximum atomic E-state index is 4.33. The lowest BCUT2D eigenvalue weighted by Gasteiger charge is -1.97. The Hall–Kier alpha value is -3.28. The van der Waals surface area contributed by atoms with Gasteiger partial charge in [0.1, 0.15) is 0 Å². The molecule has 6 nitrogen and oxygen atoms in total. The van der Waals surface area contributed by atoms with Gasteiger partial charge in [-0.15, -0.1) is 10.2 Å². The fourth-order valence-corrected chi connectivity index (χ4v) is 2.11. The molecule has 22 heavy (non-hydrogen) atoms. The number of benzene rings is 2. The Bertz CT molecular complexity index is 914. The predicted molar refractivity (Wildman–Crippen MR) is 83.3 cm³/mol. The Kier molecular flexibility index (Phi) is 2.97. The average Bonchev–Trinajstić information content (AvgIpc) is 2.59. The molecule has 0 unspecified atom stereocenters. The van der Waals surface area contributed by atoms with Crippen molar-refractivity contribution >= 4 is 33.7 Å². The number of para-hydroxylation sites is 2. The maximum Gasteiger partial charge on any atom is 0.269 e. The Balaban J connectivity index is 1.68. The second-order valence-corrected chi connectivity index (χ2v) is 4.66. The van der Waals surface area contributed by atoms with Crippen LogP contribution < -0.4 is 0 Å². The molecule has 0 amide bonds. The normalized spacial score (nSPS) is 11.5. The molecule has 0 fully saturated rings. The molecule has 2 heterocycles. The van der Waals surface area contributed by atoms with Gasteiger partial charge in [0, 0.05) is 23.2 Å². The van der Waals surface area contributed by atoms with E-state index in [2.05, 4.69) is 30.2 Å². The second-order valence-electron chi connectivity index (χ2n) is 4.66. The van der Waals surface area contributed by atoms with Gasteiger partial charge in [-0.3, -0.25) is 0 Å². The van der Waals surface area contributed by atoms with Gasteiger partial charge in [-0.25, -0.2) is 19.9 Å². The van der Waals surface area contributed by atoms with E-state index in [1.807, 2.05) is 48.5 Å². The average molecular weight is 286 g/mol. The van der Waals surface area contributed by atoms with Crippen molar-refractivity contribution in [2.24, 2.45) is 10.2 Å². The highest BCUT2D eigenvalue weighted by Gasteiger charge is 2.00. The summed E-state index contributed by atoms with van der Waals surface area (Å²) in [4.78, 5) is 17.0. The van der Waals surface area contributed by atoms with E-state index >= 15 is 0 Å². The minimum atomic E-state index is 0.287. The summed E-state index contributed by atoms with van der Waals surface area (Å²) < 4.78 is 0. The van der Waals surface area contributed by atoms with Crippen molar-refractivity contribution in [2.75, 3.05) is 0 Å². The van der Waals surface area contributed by atoms with E-state index in [1.54, 1.807) is 12.4 Å². The lowest BCUT2D eigenvalue weighted by atomic mass is 10.2. The molecule has 0 N–H and O–H groups in total. The topological polar surface area (TPSA) is 76.3 Å². The van der Waals surface area contributed by atoms with Crippen molar-refractivity contribution in [3.8, 4) is 0 Å². The van der Waals surface area contributed by atoms with E-state index in [1.165, 1.54) is 0 Å². The van der Waals surface area contributed by atoms with Crippen molar-refractivity contribution in [3.05, 3.63) is 60.9 Å². The minimum absolute atomic E-state index is 0.287. The standard InChI is InChI=1S/C16H10N6/c1-3-7-13-11(5-1)9-17-15(19-13)21-22-16-18-10-12-6-2-4-8-14(12)20-16/h1-10H. The maximum absolute atomic E-state index is 4.33. The van der Waals surface area contributed by atoms with Gasteiger partial charge in [-0.1, -0.05) is 36.4 Å². The van der Waals surface area contributed by atoms with Gasteiger partial charge >= 0.3 is 0 Å². The third-order valence-electron chi connectivity index (χ3n) is 3.18. The molecule has 0 aliphatic rings. The van der Waals surface area contributed by atoms with Crippen molar-refractivity contribution in [1.82, 2.24) is 19.9 Å². The largest absolute Gasteiger partial charge is 0.269 e. The monoisotopic (exact) mass is 286 g/mol. The smallest absolute Gasteiger partial charge is 0.218 e. The number of aromatic nitrogens is 4. The first kappa shape index (κ1) is 12.5. The molecule has 0 spiro atoms. The zero-order chi connectivity index (χ0) is 14.8. The highest BCUT2D eigenvalue weighted by atomic mass is 15.3. The van der Waals surface area contributed by atoms with Crippen LogP contribution >= 0.6 is 0 Å².